The average Bonchev–Trinajstić information content (AvgIpc) is 3.08. The summed E-state index contributed by atoms with van der Waals surface area (Å²) in [5, 5.41) is 2.37. The van der Waals surface area contributed by atoms with Gasteiger partial charge in [0.2, 0.25) is 0 Å². The van der Waals surface area contributed by atoms with E-state index in [9.17, 15) is 31.1 Å². The van der Waals surface area contributed by atoms with E-state index in [0.717, 1.165) is 30.6 Å². The third-order valence-electron chi connectivity index (χ3n) is 5.89. The smallest absolute Gasteiger partial charge is 0.288 e. The zero-order valence-electron chi connectivity index (χ0n) is 17.7. The maximum atomic E-state index is 14.9. The summed E-state index contributed by atoms with van der Waals surface area (Å²) >= 11 is 0. The lowest BCUT2D eigenvalue weighted by molar-refractivity contribution is -0.00303. The van der Waals surface area contributed by atoms with Crippen molar-refractivity contribution >= 4 is 17.6 Å². The molecule has 7 nitrogen and oxygen atoms in total. The van der Waals surface area contributed by atoms with Crippen molar-refractivity contribution in [3.8, 4) is 0 Å². The third kappa shape index (κ3) is 4.26. The minimum absolute atomic E-state index is 0.0394. The Balaban J connectivity index is 1.66. The summed E-state index contributed by atoms with van der Waals surface area (Å²) in [6, 6.07) is 2.58. The Morgan fingerprint density at radius 3 is 2.62 bits per heavy atom. The second-order valence-electron chi connectivity index (χ2n) is 8.36. The highest BCUT2D eigenvalue weighted by Crippen LogP contribution is 2.53. The van der Waals surface area contributed by atoms with Crippen LogP contribution in [0.5, 0.6) is 0 Å². The Morgan fingerprint density at radius 1 is 1.26 bits per heavy atom. The summed E-state index contributed by atoms with van der Waals surface area (Å²) in [5.74, 6) is -9.47. The normalized spacial score (nSPS) is 25.8. The Labute approximate surface area is 189 Å². The van der Waals surface area contributed by atoms with Crippen LogP contribution in [-0.4, -0.2) is 40.6 Å². The Bertz CT molecular complexity index is 1140. The van der Waals surface area contributed by atoms with E-state index in [4.69, 9.17) is 10.5 Å². The van der Waals surface area contributed by atoms with Crippen LogP contribution in [0.15, 0.2) is 35.6 Å². The molecule has 1 aliphatic heterocycles. The quantitative estimate of drug-likeness (QED) is 0.623. The number of amides is 1. The number of halogens is 6. The fourth-order valence-corrected chi connectivity index (χ4v) is 4.30. The number of aromatic nitrogens is 2. The molecule has 1 aromatic carbocycles. The van der Waals surface area contributed by atoms with Crippen molar-refractivity contribution in [1.82, 2.24) is 9.97 Å². The Morgan fingerprint density at radius 2 is 2.00 bits per heavy atom. The van der Waals surface area contributed by atoms with Crippen LogP contribution in [0.4, 0.5) is 32.0 Å². The summed E-state index contributed by atoms with van der Waals surface area (Å²) < 4.78 is 89.3. The molecule has 2 aliphatic rings. The SMILES string of the molecule is CC(F)(F)c1cnc(C(=O)Nc2ccc(F)c([C@@]3(CF)N=C(N)O[C@@H]4CC(F)(F)C[C@@H]43)c2)cn1. The van der Waals surface area contributed by atoms with Crippen LogP contribution in [0.1, 0.15) is 41.5 Å². The van der Waals surface area contributed by atoms with E-state index in [-0.39, 0.29) is 16.9 Å². The predicted molar refractivity (Wildman–Crippen MR) is 108 cm³/mol. The lowest BCUT2D eigenvalue weighted by atomic mass is 9.76. The highest BCUT2D eigenvalue weighted by molar-refractivity contribution is 6.02. The standard InChI is InChI=1S/C21H19F6N5O2/c1-19(24,25)16-8-29-14(7-30-16)17(33)31-10-2-3-13(23)11(4-10)21(9-22)12-5-20(26,27)6-15(12)34-18(28)32-21/h2-4,7-8,12,15H,5-6,9H2,1H3,(H2,28,32)(H,31,33)/t12-,15+,21+/m0/s1. The number of aliphatic imine (C=N–C) groups is 1. The molecule has 0 radical (unpaired) electrons. The number of hydrogen-bond acceptors (Lipinski definition) is 6. The van der Waals surface area contributed by atoms with Crippen molar-refractivity contribution in [2.24, 2.45) is 16.6 Å². The molecular formula is C21H19F6N5O2. The van der Waals surface area contributed by atoms with Gasteiger partial charge < -0.3 is 15.8 Å². The lowest BCUT2D eigenvalue weighted by Gasteiger charge is -2.40. The monoisotopic (exact) mass is 487 g/mol. The van der Waals surface area contributed by atoms with Crippen molar-refractivity contribution in [2.75, 3.05) is 12.0 Å². The van der Waals surface area contributed by atoms with E-state index in [2.05, 4.69) is 20.3 Å². The summed E-state index contributed by atoms with van der Waals surface area (Å²) in [7, 11) is 0. The Hall–Kier alpha value is -3.38. The van der Waals surface area contributed by atoms with Crippen molar-refractivity contribution in [3.05, 3.63) is 53.4 Å². The van der Waals surface area contributed by atoms with Crippen LogP contribution < -0.4 is 11.1 Å². The molecular weight excluding hydrogens is 468 g/mol. The topological polar surface area (TPSA) is 102 Å². The first-order valence-corrected chi connectivity index (χ1v) is 10.1. The molecule has 0 unspecified atom stereocenters. The molecule has 0 bridgehead atoms. The number of benzene rings is 1. The molecule has 3 atom stereocenters. The highest BCUT2D eigenvalue weighted by Gasteiger charge is 2.60. The fourth-order valence-electron chi connectivity index (χ4n) is 4.30. The van der Waals surface area contributed by atoms with Gasteiger partial charge in [0.15, 0.2) is 0 Å². The van der Waals surface area contributed by atoms with E-state index in [0.29, 0.717) is 6.92 Å². The van der Waals surface area contributed by atoms with Crippen LogP contribution in [-0.2, 0) is 16.2 Å². The maximum Gasteiger partial charge on any atom is 0.288 e. The van der Waals surface area contributed by atoms with Crippen molar-refractivity contribution in [3.63, 3.8) is 0 Å². The fraction of sp³-hybridized carbons (Fsp3) is 0.429. The van der Waals surface area contributed by atoms with Crippen LogP contribution in [0.2, 0.25) is 0 Å². The summed E-state index contributed by atoms with van der Waals surface area (Å²) in [6.45, 7) is -0.728. The number of carbonyl (C=O) groups is 1. The van der Waals surface area contributed by atoms with E-state index in [1.165, 1.54) is 0 Å². The molecule has 1 fully saturated rings. The van der Waals surface area contributed by atoms with Crippen LogP contribution in [0.3, 0.4) is 0 Å². The molecule has 182 valence electrons. The van der Waals surface area contributed by atoms with Gasteiger partial charge in [0.05, 0.1) is 12.4 Å². The third-order valence-corrected chi connectivity index (χ3v) is 5.89. The summed E-state index contributed by atoms with van der Waals surface area (Å²) in [4.78, 5) is 23.5. The number of nitrogens with two attached hydrogens (primary N) is 1. The largest absolute Gasteiger partial charge is 0.461 e. The zero-order valence-corrected chi connectivity index (χ0v) is 17.7. The molecule has 4 rings (SSSR count). The lowest BCUT2D eigenvalue weighted by Crippen LogP contribution is -2.48. The maximum absolute atomic E-state index is 14.9. The second-order valence-corrected chi connectivity index (χ2v) is 8.36. The molecule has 1 saturated carbocycles. The molecule has 1 aliphatic carbocycles. The molecule has 2 aromatic rings. The number of nitrogens with one attached hydrogen (secondary N) is 1. The Kier molecular flexibility index (Phi) is 5.68. The van der Waals surface area contributed by atoms with Gasteiger partial charge in [0.1, 0.15) is 35.5 Å². The van der Waals surface area contributed by atoms with E-state index >= 15 is 0 Å². The number of amidine groups is 1. The number of carbonyl (C=O) groups excluding carboxylic acids is 1. The average molecular weight is 487 g/mol. The van der Waals surface area contributed by atoms with Gasteiger partial charge in [-0.15, -0.1) is 0 Å². The summed E-state index contributed by atoms with van der Waals surface area (Å²) in [5.41, 5.74) is 2.13. The molecule has 0 saturated heterocycles. The van der Waals surface area contributed by atoms with Gasteiger partial charge in [0.25, 0.3) is 23.8 Å². The number of hydrogen-bond donors (Lipinski definition) is 2. The van der Waals surface area contributed by atoms with Crippen LogP contribution in [0.25, 0.3) is 0 Å². The molecule has 1 amide bonds. The van der Waals surface area contributed by atoms with Gasteiger partial charge >= 0.3 is 0 Å². The molecule has 3 N–H and O–H groups in total. The minimum atomic E-state index is -3.25. The van der Waals surface area contributed by atoms with Crippen molar-refractivity contribution < 1.29 is 35.9 Å². The van der Waals surface area contributed by atoms with Crippen molar-refractivity contribution in [1.29, 1.82) is 0 Å². The van der Waals surface area contributed by atoms with Crippen LogP contribution >= 0.6 is 0 Å². The van der Waals surface area contributed by atoms with Gasteiger partial charge in [-0.3, -0.25) is 9.78 Å². The number of nitrogens with zero attached hydrogens (tertiary/aromatic N) is 3. The molecule has 1 aromatic heterocycles. The zero-order chi connectivity index (χ0) is 24.9. The number of anilines is 1. The van der Waals surface area contributed by atoms with Crippen LogP contribution in [0, 0.1) is 11.7 Å². The van der Waals surface area contributed by atoms with E-state index in [1.807, 2.05) is 0 Å². The number of ether oxygens (including phenoxy) is 1. The molecule has 2 heterocycles. The first kappa shape index (κ1) is 23.8. The number of alkyl halides is 5. The number of rotatable bonds is 5. The molecule has 0 spiro atoms. The second kappa shape index (κ2) is 8.13. The van der Waals surface area contributed by atoms with Gasteiger partial charge in [-0.1, -0.05) is 0 Å². The van der Waals surface area contributed by atoms with E-state index in [1.54, 1.807) is 0 Å². The van der Waals surface area contributed by atoms with Gasteiger partial charge in [-0.2, -0.15) is 8.78 Å². The van der Waals surface area contributed by atoms with Gasteiger partial charge in [-0.05, 0) is 18.2 Å². The predicted octanol–water partition coefficient (Wildman–Crippen LogP) is 3.90. The number of fused-ring (bicyclic) bond motifs is 1. The van der Waals surface area contributed by atoms with Gasteiger partial charge in [0, 0.05) is 36.9 Å². The van der Waals surface area contributed by atoms with Gasteiger partial charge in [-0.25, -0.2) is 27.5 Å². The first-order chi connectivity index (χ1) is 15.8. The summed E-state index contributed by atoms with van der Waals surface area (Å²) in [6.07, 6.45) is -1.11. The van der Waals surface area contributed by atoms with E-state index < -0.39 is 72.4 Å². The minimum Gasteiger partial charge on any atom is -0.461 e. The highest BCUT2D eigenvalue weighted by atomic mass is 19.3. The first-order valence-electron chi connectivity index (χ1n) is 10.1. The molecule has 13 heteroatoms. The van der Waals surface area contributed by atoms with Crippen molar-refractivity contribution in [2.45, 2.75) is 43.3 Å². The molecule has 34 heavy (non-hydrogen) atoms.